The molecule has 6 heteroatoms. The summed E-state index contributed by atoms with van der Waals surface area (Å²) in [7, 11) is 0. The normalized spacial score (nSPS) is 23.4. The number of hydrogen-bond donors (Lipinski definition) is 0. The molecule has 3 saturated heterocycles. The lowest BCUT2D eigenvalue weighted by Crippen LogP contribution is -2.60. The summed E-state index contributed by atoms with van der Waals surface area (Å²) < 4.78 is 12.7. The highest BCUT2D eigenvalue weighted by molar-refractivity contribution is 5.34. The number of nitrogens with zero attached hydrogens (tertiary/aromatic N) is 4. The Kier molecular flexibility index (Phi) is 4.41. The molecule has 0 unspecified atom stereocenters. The van der Waals surface area contributed by atoms with Gasteiger partial charge >= 0.3 is 18.0 Å². The topological polar surface area (TPSA) is 57.1 Å². The Labute approximate surface area is 164 Å². The predicted octanol–water partition coefficient (Wildman–Crippen LogP) is 4.58. The molecule has 28 heavy (non-hydrogen) atoms. The Morgan fingerprint density at radius 3 is 1.57 bits per heavy atom. The maximum atomic E-state index is 5.94. The van der Waals surface area contributed by atoms with Crippen LogP contribution >= 0.6 is 0 Å². The number of aromatic nitrogens is 3. The molecule has 1 aromatic heterocycles. The van der Waals surface area contributed by atoms with Crippen molar-refractivity contribution in [1.82, 2.24) is 19.4 Å². The quantitative estimate of drug-likeness (QED) is 0.611. The Morgan fingerprint density at radius 2 is 1.11 bits per heavy atom. The van der Waals surface area contributed by atoms with Crippen LogP contribution in [-0.2, 0) is 0 Å². The van der Waals surface area contributed by atoms with Gasteiger partial charge in [-0.05, 0) is 30.2 Å². The van der Waals surface area contributed by atoms with Gasteiger partial charge in [0, 0.05) is 19.3 Å². The molecule has 142 valence electrons. The van der Waals surface area contributed by atoms with Crippen molar-refractivity contribution in [2.45, 2.75) is 19.3 Å². The zero-order valence-electron chi connectivity index (χ0n) is 15.7. The minimum Gasteiger partial charge on any atom is -0.424 e. The number of benzene rings is 2. The lowest BCUT2D eigenvalue weighted by Gasteiger charge is -2.46. The standard InChI is InChI=1S/C22H23N4O2/c1-3-7-18(8-4-1)27-21-23-20(26-14-11-17(12-15-26)13-16-26)24-22(25-21)28-19-9-5-2-6-10-19/h1-10,17H,11-16H2/q+1. The van der Waals surface area contributed by atoms with Crippen molar-refractivity contribution >= 4 is 5.95 Å². The smallest absolute Gasteiger partial charge is 0.338 e. The molecule has 2 bridgehead atoms. The highest BCUT2D eigenvalue weighted by Crippen LogP contribution is 2.38. The molecule has 6 nitrogen and oxygen atoms in total. The van der Waals surface area contributed by atoms with Crippen LogP contribution in [0.3, 0.4) is 0 Å². The highest BCUT2D eigenvalue weighted by Gasteiger charge is 2.44. The summed E-state index contributed by atoms with van der Waals surface area (Å²) in [6.07, 6.45) is 3.69. The SMILES string of the molecule is c1ccc(Oc2nc(Oc3ccccc3)nc([N+]34CCC(CC3)CC4)n2)cc1. The maximum Gasteiger partial charge on any atom is 0.338 e. The van der Waals surface area contributed by atoms with E-state index in [-0.39, 0.29) is 12.0 Å². The third-order valence-electron chi connectivity index (χ3n) is 5.81. The molecule has 3 aliphatic rings. The summed E-state index contributed by atoms with van der Waals surface area (Å²) in [5.41, 5.74) is 0. The first-order valence-corrected chi connectivity index (χ1v) is 9.88. The molecule has 6 rings (SSSR count). The summed E-state index contributed by atoms with van der Waals surface area (Å²) in [5.74, 6) is 3.01. The molecule has 0 N–H and O–H groups in total. The van der Waals surface area contributed by atoms with Gasteiger partial charge in [0.25, 0.3) is 0 Å². The van der Waals surface area contributed by atoms with Crippen LogP contribution in [0.15, 0.2) is 60.7 Å². The Hall–Kier alpha value is -2.99. The Balaban J connectivity index is 1.52. The summed E-state index contributed by atoms with van der Waals surface area (Å²) in [5, 5.41) is 0. The fraction of sp³-hybridized carbons (Fsp3) is 0.318. The molecular weight excluding hydrogens is 352 g/mol. The lowest BCUT2D eigenvalue weighted by molar-refractivity contribution is 0.106. The van der Waals surface area contributed by atoms with Gasteiger partial charge in [-0.2, -0.15) is 0 Å². The van der Waals surface area contributed by atoms with Crippen LogP contribution in [0.4, 0.5) is 5.95 Å². The first kappa shape index (κ1) is 17.1. The zero-order chi connectivity index (χ0) is 18.8. The number of ether oxygens (including phenoxy) is 2. The molecule has 0 atom stereocenters. The van der Waals surface area contributed by atoms with E-state index in [1.54, 1.807) is 0 Å². The van der Waals surface area contributed by atoms with Crippen LogP contribution in [0, 0.1) is 5.92 Å². The molecule has 3 aliphatic heterocycles. The zero-order valence-corrected chi connectivity index (χ0v) is 15.7. The van der Waals surface area contributed by atoms with E-state index >= 15 is 0 Å². The van der Waals surface area contributed by atoms with Gasteiger partial charge in [0.1, 0.15) is 11.5 Å². The average molecular weight is 375 g/mol. The van der Waals surface area contributed by atoms with Crippen molar-refractivity contribution in [3.63, 3.8) is 0 Å². The van der Waals surface area contributed by atoms with E-state index in [9.17, 15) is 0 Å². The van der Waals surface area contributed by atoms with Crippen molar-refractivity contribution in [1.29, 1.82) is 0 Å². The van der Waals surface area contributed by atoms with E-state index in [1.165, 1.54) is 19.3 Å². The Morgan fingerprint density at radius 1 is 0.643 bits per heavy atom. The molecule has 0 spiro atoms. The van der Waals surface area contributed by atoms with Crippen molar-refractivity contribution in [2.75, 3.05) is 19.6 Å². The largest absolute Gasteiger partial charge is 0.424 e. The maximum absolute atomic E-state index is 5.94. The molecular formula is C22H23N4O2+. The van der Waals surface area contributed by atoms with Crippen LogP contribution in [-0.4, -0.2) is 34.6 Å². The van der Waals surface area contributed by atoms with E-state index in [0.717, 1.165) is 36.0 Å². The van der Waals surface area contributed by atoms with Crippen molar-refractivity contribution in [2.24, 2.45) is 5.92 Å². The third kappa shape index (κ3) is 3.43. The van der Waals surface area contributed by atoms with Gasteiger partial charge in [-0.1, -0.05) is 36.4 Å². The second-order valence-electron chi connectivity index (χ2n) is 7.58. The van der Waals surface area contributed by atoms with Gasteiger partial charge in [0.15, 0.2) is 0 Å². The minimum absolute atomic E-state index is 0.280. The van der Waals surface area contributed by atoms with Crippen LogP contribution in [0.1, 0.15) is 19.3 Å². The fourth-order valence-corrected chi connectivity index (χ4v) is 4.18. The number of hydrogen-bond acceptors (Lipinski definition) is 5. The monoisotopic (exact) mass is 375 g/mol. The van der Waals surface area contributed by atoms with Crippen molar-refractivity contribution in [3.05, 3.63) is 60.7 Å². The van der Waals surface area contributed by atoms with E-state index in [0.29, 0.717) is 11.5 Å². The molecule has 0 saturated carbocycles. The van der Waals surface area contributed by atoms with Crippen LogP contribution in [0.25, 0.3) is 0 Å². The second-order valence-corrected chi connectivity index (χ2v) is 7.58. The fourth-order valence-electron chi connectivity index (χ4n) is 4.18. The summed E-state index contributed by atoms with van der Waals surface area (Å²) in [6.45, 7) is 3.22. The van der Waals surface area contributed by atoms with Crippen molar-refractivity contribution < 1.29 is 9.47 Å². The van der Waals surface area contributed by atoms with Gasteiger partial charge in [0.2, 0.25) is 0 Å². The van der Waals surface area contributed by atoms with Gasteiger partial charge in [-0.15, -0.1) is 15.0 Å². The molecule has 2 aromatic carbocycles. The van der Waals surface area contributed by atoms with Crippen LogP contribution < -0.4 is 14.0 Å². The summed E-state index contributed by atoms with van der Waals surface area (Å²) >= 11 is 0. The number of piperidine rings is 3. The lowest BCUT2D eigenvalue weighted by atomic mass is 9.86. The van der Waals surface area contributed by atoms with E-state index < -0.39 is 0 Å². The molecule has 0 aliphatic carbocycles. The number of fused-ring (bicyclic) bond motifs is 3. The minimum atomic E-state index is 0.280. The van der Waals surface area contributed by atoms with E-state index in [4.69, 9.17) is 19.4 Å². The number of rotatable bonds is 5. The van der Waals surface area contributed by atoms with Gasteiger partial charge in [-0.25, -0.2) is 0 Å². The predicted molar refractivity (Wildman–Crippen MR) is 107 cm³/mol. The summed E-state index contributed by atoms with van der Waals surface area (Å²) in [4.78, 5) is 13.8. The molecule has 0 amide bonds. The molecule has 0 radical (unpaired) electrons. The average Bonchev–Trinajstić information content (AvgIpc) is 2.76. The number of quaternary nitrogens is 1. The third-order valence-corrected chi connectivity index (χ3v) is 5.81. The highest BCUT2D eigenvalue weighted by atomic mass is 16.5. The van der Waals surface area contributed by atoms with E-state index in [2.05, 4.69) is 4.98 Å². The first-order chi connectivity index (χ1) is 13.8. The molecule has 4 heterocycles. The van der Waals surface area contributed by atoms with Crippen molar-refractivity contribution in [3.8, 4) is 23.5 Å². The first-order valence-electron chi connectivity index (χ1n) is 9.88. The second kappa shape index (κ2) is 7.20. The van der Waals surface area contributed by atoms with Gasteiger partial charge in [-0.3, -0.25) is 4.48 Å². The van der Waals surface area contributed by atoms with Gasteiger partial charge in [0.05, 0.1) is 19.6 Å². The van der Waals surface area contributed by atoms with Crippen LogP contribution in [0.2, 0.25) is 0 Å². The molecule has 3 fully saturated rings. The Bertz CT molecular complexity index is 868. The van der Waals surface area contributed by atoms with Crippen LogP contribution in [0.5, 0.6) is 23.5 Å². The van der Waals surface area contributed by atoms with E-state index in [1.807, 2.05) is 60.7 Å². The number of para-hydroxylation sites is 2. The van der Waals surface area contributed by atoms with Gasteiger partial charge < -0.3 is 9.47 Å². The molecule has 3 aromatic rings. The summed E-state index contributed by atoms with van der Waals surface area (Å²) in [6, 6.07) is 19.7.